The molecule has 2 saturated heterocycles. The molecule has 2 unspecified atom stereocenters. The lowest BCUT2D eigenvalue weighted by Gasteiger charge is -2.39. The summed E-state index contributed by atoms with van der Waals surface area (Å²) in [7, 11) is 0. The average molecular weight is 301 g/mol. The molecule has 0 aromatic carbocycles. The largest absolute Gasteiger partial charge is 0.338 e. The van der Waals surface area contributed by atoms with Gasteiger partial charge in [-0.2, -0.15) is 0 Å². The number of piperidine rings is 1. The number of halogens is 1. The molecule has 116 valence electrons. The summed E-state index contributed by atoms with van der Waals surface area (Å²) in [6.45, 7) is 9.10. The van der Waals surface area contributed by atoms with E-state index < -0.39 is 0 Å². The van der Waals surface area contributed by atoms with E-state index in [-0.39, 0.29) is 18.4 Å². The Morgan fingerprint density at radius 3 is 2.60 bits per heavy atom. The lowest BCUT2D eigenvalue weighted by molar-refractivity contribution is -0.135. The molecule has 20 heavy (non-hydrogen) atoms. The van der Waals surface area contributed by atoms with Crippen molar-refractivity contribution in [2.75, 3.05) is 13.1 Å². The van der Waals surface area contributed by atoms with Crippen LogP contribution in [0, 0.1) is 10.8 Å². The predicted molar refractivity (Wildman–Crippen MR) is 84.1 cm³/mol. The minimum atomic E-state index is 0. The van der Waals surface area contributed by atoms with Crippen LogP contribution in [0.15, 0.2) is 0 Å². The maximum Gasteiger partial charge on any atom is 0.239 e. The number of fused-ring (bicyclic) bond motifs is 2. The van der Waals surface area contributed by atoms with Gasteiger partial charge in [0, 0.05) is 12.6 Å². The molecule has 3 nitrogen and oxygen atoms in total. The van der Waals surface area contributed by atoms with Crippen LogP contribution >= 0.6 is 12.4 Å². The van der Waals surface area contributed by atoms with Crippen LogP contribution in [0.3, 0.4) is 0 Å². The van der Waals surface area contributed by atoms with E-state index in [2.05, 4.69) is 31.0 Å². The second-order valence-electron chi connectivity index (χ2n) is 8.18. The molecule has 4 heteroatoms. The molecule has 3 atom stereocenters. The standard InChI is InChI=1S/C16H28N2O.ClH/c1-15(2)8-12-9-16(3,10-15)11-18(12)14(19)13-6-4-5-7-17-13;/h12-13,17H,4-11H2,1-3H3;1H/t12?,13-,16?;/m0./s1. The third kappa shape index (κ3) is 2.99. The highest BCUT2D eigenvalue weighted by Gasteiger charge is 2.51. The summed E-state index contributed by atoms with van der Waals surface area (Å²) in [6.07, 6.45) is 7.11. The first-order valence-electron chi connectivity index (χ1n) is 7.93. The highest BCUT2D eigenvalue weighted by molar-refractivity contribution is 5.85. The Hall–Kier alpha value is -0.280. The molecular weight excluding hydrogens is 272 g/mol. The van der Waals surface area contributed by atoms with E-state index >= 15 is 0 Å². The number of likely N-dealkylation sites (tertiary alicyclic amines) is 1. The van der Waals surface area contributed by atoms with Crippen molar-refractivity contribution < 1.29 is 4.79 Å². The molecule has 1 aliphatic carbocycles. The monoisotopic (exact) mass is 300 g/mol. The third-order valence-electron chi connectivity index (χ3n) is 5.31. The van der Waals surface area contributed by atoms with Gasteiger partial charge in [-0.1, -0.05) is 27.2 Å². The van der Waals surface area contributed by atoms with E-state index in [0.717, 1.165) is 19.5 Å². The molecular formula is C16H29ClN2O. The highest BCUT2D eigenvalue weighted by atomic mass is 35.5. The van der Waals surface area contributed by atoms with E-state index in [1.54, 1.807) is 0 Å². The molecule has 3 aliphatic rings. The second-order valence-corrected chi connectivity index (χ2v) is 8.18. The third-order valence-corrected chi connectivity index (χ3v) is 5.31. The molecule has 2 bridgehead atoms. The van der Waals surface area contributed by atoms with Gasteiger partial charge in [0.15, 0.2) is 0 Å². The Bertz CT molecular complexity index is 379. The second kappa shape index (κ2) is 5.49. The number of carbonyl (C=O) groups is 1. The summed E-state index contributed by atoms with van der Waals surface area (Å²) < 4.78 is 0. The van der Waals surface area contributed by atoms with Crippen molar-refractivity contribution in [1.82, 2.24) is 10.2 Å². The van der Waals surface area contributed by atoms with Gasteiger partial charge in [0.05, 0.1) is 6.04 Å². The Morgan fingerprint density at radius 1 is 1.20 bits per heavy atom. The molecule has 2 heterocycles. The Balaban J connectivity index is 0.00000147. The molecule has 0 spiro atoms. The molecule has 3 rings (SSSR count). The van der Waals surface area contributed by atoms with Crippen molar-refractivity contribution in [3.05, 3.63) is 0 Å². The molecule has 2 aliphatic heterocycles. The molecule has 0 radical (unpaired) electrons. The number of hydrogen-bond donors (Lipinski definition) is 1. The van der Waals surface area contributed by atoms with Gasteiger partial charge in [-0.25, -0.2) is 0 Å². The number of carbonyl (C=O) groups excluding carboxylic acids is 1. The van der Waals surface area contributed by atoms with E-state index in [4.69, 9.17) is 0 Å². The molecule has 0 aromatic heterocycles. The Labute approximate surface area is 129 Å². The number of rotatable bonds is 1. The van der Waals surface area contributed by atoms with E-state index in [9.17, 15) is 4.79 Å². The van der Waals surface area contributed by atoms with Crippen LogP contribution in [-0.2, 0) is 4.79 Å². The first-order chi connectivity index (χ1) is 8.89. The lowest BCUT2D eigenvalue weighted by atomic mass is 9.65. The maximum absolute atomic E-state index is 12.8. The summed E-state index contributed by atoms with van der Waals surface area (Å²) >= 11 is 0. The van der Waals surface area contributed by atoms with Gasteiger partial charge in [-0.05, 0) is 49.5 Å². The molecule has 1 amide bonds. The topological polar surface area (TPSA) is 32.3 Å². The lowest BCUT2D eigenvalue weighted by Crippen LogP contribution is -2.50. The Kier molecular flexibility index (Phi) is 4.42. The summed E-state index contributed by atoms with van der Waals surface area (Å²) in [5.41, 5.74) is 0.753. The summed E-state index contributed by atoms with van der Waals surface area (Å²) in [5, 5.41) is 3.42. The van der Waals surface area contributed by atoms with Crippen molar-refractivity contribution >= 4 is 18.3 Å². The minimum absolute atomic E-state index is 0. The zero-order valence-corrected chi connectivity index (χ0v) is 13.9. The zero-order valence-electron chi connectivity index (χ0n) is 13.1. The first-order valence-corrected chi connectivity index (χ1v) is 7.93. The van der Waals surface area contributed by atoms with Crippen LogP contribution in [-0.4, -0.2) is 36.0 Å². The van der Waals surface area contributed by atoms with Crippen LogP contribution in [0.5, 0.6) is 0 Å². The summed E-state index contributed by atoms with van der Waals surface area (Å²) in [6, 6.07) is 0.588. The van der Waals surface area contributed by atoms with E-state index in [1.807, 2.05) is 0 Å². The normalized spacial score (nSPS) is 39.2. The zero-order chi connectivity index (χ0) is 13.7. The van der Waals surface area contributed by atoms with Crippen molar-refractivity contribution in [1.29, 1.82) is 0 Å². The smallest absolute Gasteiger partial charge is 0.239 e. The summed E-state index contributed by atoms with van der Waals surface area (Å²) in [4.78, 5) is 15.0. The summed E-state index contributed by atoms with van der Waals surface area (Å²) in [5.74, 6) is 0.381. The van der Waals surface area contributed by atoms with Gasteiger partial charge < -0.3 is 10.2 Å². The van der Waals surface area contributed by atoms with Gasteiger partial charge in [-0.15, -0.1) is 12.4 Å². The fraction of sp³-hybridized carbons (Fsp3) is 0.938. The van der Waals surface area contributed by atoms with Crippen LogP contribution in [0.2, 0.25) is 0 Å². The number of nitrogens with one attached hydrogen (secondary N) is 1. The highest BCUT2D eigenvalue weighted by Crippen LogP contribution is 2.52. The quantitative estimate of drug-likeness (QED) is 0.807. The van der Waals surface area contributed by atoms with Gasteiger partial charge in [0.1, 0.15) is 0 Å². The van der Waals surface area contributed by atoms with Crippen LogP contribution in [0.25, 0.3) is 0 Å². The number of nitrogens with zero attached hydrogens (tertiary/aromatic N) is 1. The minimum Gasteiger partial charge on any atom is -0.338 e. The number of hydrogen-bond acceptors (Lipinski definition) is 2. The molecule has 3 fully saturated rings. The van der Waals surface area contributed by atoms with Gasteiger partial charge in [0.2, 0.25) is 5.91 Å². The SMILES string of the molecule is CC1(C)CC2CC(C)(CN2C(=O)[C@@H]2CCCCN2)C1.Cl. The van der Waals surface area contributed by atoms with Crippen LogP contribution in [0.1, 0.15) is 59.3 Å². The predicted octanol–water partition coefficient (Wildman–Crippen LogP) is 2.98. The maximum atomic E-state index is 12.8. The average Bonchev–Trinajstić information content (AvgIpc) is 2.59. The van der Waals surface area contributed by atoms with Crippen LogP contribution < -0.4 is 5.32 Å². The van der Waals surface area contributed by atoms with Gasteiger partial charge in [-0.3, -0.25) is 4.79 Å². The van der Waals surface area contributed by atoms with Crippen molar-refractivity contribution in [2.24, 2.45) is 10.8 Å². The fourth-order valence-electron chi connectivity index (χ4n) is 4.98. The Morgan fingerprint density at radius 2 is 1.95 bits per heavy atom. The van der Waals surface area contributed by atoms with E-state index in [0.29, 0.717) is 22.8 Å². The molecule has 1 N–H and O–H groups in total. The number of amides is 1. The molecule has 0 aromatic rings. The van der Waals surface area contributed by atoms with Gasteiger partial charge in [0.25, 0.3) is 0 Å². The van der Waals surface area contributed by atoms with E-state index in [1.165, 1.54) is 32.1 Å². The van der Waals surface area contributed by atoms with Crippen LogP contribution in [0.4, 0.5) is 0 Å². The van der Waals surface area contributed by atoms with Crippen molar-refractivity contribution in [3.63, 3.8) is 0 Å². The van der Waals surface area contributed by atoms with Crippen molar-refractivity contribution in [3.8, 4) is 0 Å². The fourth-order valence-corrected chi connectivity index (χ4v) is 4.98. The van der Waals surface area contributed by atoms with Gasteiger partial charge >= 0.3 is 0 Å². The first kappa shape index (κ1) is 16.1. The van der Waals surface area contributed by atoms with Crippen molar-refractivity contribution in [2.45, 2.75) is 71.4 Å². The molecule has 1 saturated carbocycles.